The molecular formula is C28H25N3O9. The lowest BCUT2D eigenvalue weighted by Gasteiger charge is -2.10. The standard InChI is InChI=1S/C28H25N3O9/c1-5-39-27(33)23-20-14-19(17-9-12-21(37-3)22(13-17)38-4)29-15-30(20)25(24(23)28(34)40-6-2)26(32)16-7-10-18(11-8-16)31(35)36/h7-15H,5-6H2,1-4H3. The van der Waals surface area contributed by atoms with E-state index in [-0.39, 0.29) is 46.8 Å². The van der Waals surface area contributed by atoms with Crippen LogP contribution in [0.5, 0.6) is 11.5 Å². The summed E-state index contributed by atoms with van der Waals surface area (Å²) < 4.78 is 22.5. The molecule has 2 aromatic heterocycles. The zero-order valence-corrected chi connectivity index (χ0v) is 22.1. The van der Waals surface area contributed by atoms with Gasteiger partial charge in [0, 0.05) is 23.3 Å². The second-order valence-electron chi connectivity index (χ2n) is 8.27. The second-order valence-corrected chi connectivity index (χ2v) is 8.27. The predicted molar refractivity (Wildman–Crippen MR) is 142 cm³/mol. The van der Waals surface area contributed by atoms with Crippen molar-refractivity contribution in [3.63, 3.8) is 0 Å². The zero-order valence-electron chi connectivity index (χ0n) is 22.1. The minimum Gasteiger partial charge on any atom is -0.493 e. The number of nitrogens with zero attached hydrogens (tertiary/aromatic N) is 3. The number of fused-ring (bicyclic) bond motifs is 1. The SMILES string of the molecule is CCOC(=O)c1c(C(=O)OCC)c2cc(-c3ccc(OC)c(OC)c3)ncn2c1C(=O)c1ccc([N+](=O)[O-])cc1. The number of nitro groups is 1. The average Bonchev–Trinajstić information content (AvgIpc) is 3.31. The van der Waals surface area contributed by atoms with E-state index < -0.39 is 22.6 Å². The quantitative estimate of drug-likeness (QED) is 0.120. The Balaban J connectivity index is 2.00. The lowest BCUT2D eigenvalue weighted by atomic mass is 10.0. The molecule has 0 radical (unpaired) electrons. The Morgan fingerprint density at radius 1 is 0.875 bits per heavy atom. The van der Waals surface area contributed by atoms with Crippen LogP contribution < -0.4 is 9.47 Å². The molecule has 0 aliphatic rings. The van der Waals surface area contributed by atoms with Gasteiger partial charge < -0.3 is 18.9 Å². The molecule has 0 saturated carbocycles. The van der Waals surface area contributed by atoms with Gasteiger partial charge in [0.1, 0.15) is 23.1 Å². The first-order valence-electron chi connectivity index (χ1n) is 12.1. The van der Waals surface area contributed by atoms with Gasteiger partial charge in [0.25, 0.3) is 5.69 Å². The zero-order chi connectivity index (χ0) is 29.0. The monoisotopic (exact) mass is 547 g/mol. The number of hydrogen-bond donors (Lipinski definition) is 0. The van der Waals surface area contributed by atoms with Gasteiger partial charge in [0.05, 0.1) is 43.6 Å². The van der Waals surface area contributed by atoms with Gasteiger partial charge in [0.15, 0.2) is 11.5 Å². The molecule has 0 aliphatic carbocycles. The number of esters is 2. The maximum absolute atomic E-state index is 13.8. The number of ether oxygens (including phenoxy) is 4. The van der Waals surface area contributed by atoms with Crippen LogP contribution in [0.15, 0.2) is 54.9 Å². The van der Waals surface area contributed by atoms with E-state index in [1.807, 2.05) is 0 Å². The molecule has 0 unspecified atom stereocenters. The molecule has 0 atom stereocenters. The molecule has 0 spiro atoms. The van der Waals surface area contributed by atoms with E-state index in [4.69, 9.17) is 18.9 Å². The molecular weight excluding hydrogens is 522 g/mol. The van der Waals surface area contributed by atoms with Gasteiger partial charge in [-0.3, -0.25) is 19.3 Å². The van der Waals surface area contributed by atoms with Crippen LogP contribution in [-0.4, -0.2) is 59.5 Å². The summed E-state index contributed by atoms with van der Waals surface area (Å²) in [6.07, 6.45) is 1.31. The van der Waals surface area contributed by atoms with Crippen molar-refractivity contribution in [1.82, 2.24) is 9.38 Å². The van der Waals surface area contributed by atoms with E-state index in [1.54, 1.807) is 38.1 Å². The van der Waals surface area contributed by atoms with E-state index in [9.17, 15) is 24.5 Å². The molecule has 40 heavy (non-hydrogen) atoms. The summed E-state index contributed by atoms with van der Waals surface area (Å²) in [4.78, 5) is 55.2. The Hall–Kier alpha value is -5.26. The van der Waals surface area contributed by atoms with Gasteiger partial charge in [-0.2, -0.15) is 0 Å². The third kappa shape index (κ3) is 5.06. The molecule has 4 aromatic rings. The highest BCUT2D eigenvalue weighted by Crippen LogP contribution is 2.34. The van der Waals surface area contributed by atoms with Crippen LogP contribution in [0.3, 0.4) is 0 Å². The van der Waals surface area contributed by atoms with Crippen molar-refractivity contribution in [2.45, 2.75) is 13.8 Å². The topological polar surface area (TPSA) is 149 Å². The highest BCUT2D eigenvalue weighted by molar-refractivity contribution is 6.20. The molecule has 2 aromatic carbocycles. The first-order valence-corrected chi connectivity index (χ1v) is 12.1. The summed E-state index contributed by atoms with van der Waals surface area (Å²) in [5.74, 6) is -1.47. The van der Waals surface area contributed by atoms with Gasteiger partial charge >= 0.3 is 11.9 Å². The van der Waals surface area contributed by atoms with Crippen LogP contribution in [0.2, 0.25) is 0 Å². The van der Waals surface area contributed by atoms with Crippen molar-refractivity contribution < 1.29 is 38.3 Å². The van der Waals surface area contributed by atoms with E-state index in [0.29, 0.717) is 22.8 Å². The van der Waals surface area contributed by atoms with E-state index >= 15 is 0 Å². The normalized spacial score (nSPS) is 10.7. The minimum absolute atomic E-state index is 0.0116. The maximum atomic E-state index is 13.8. The van der Waals surface area contributed by atoms with Gasteiger partial charge in [-0.05, 0) is 50.2 Å². The van der Waals surface area contributed by atoms with Crippen molar-refractivity contribution in [3.8, 4) is 22.8 Å². The number of benzene rings is 2. The number of non-ortho nitro benzene ring substituents is 1. The predicted octanol–water partition coefficient (Wildman–Crippen LogP) is 4.51. The lowest BCUT2D eigenvalue weighted by molar-refractivity contribution is -0.384. The largest absolute Gasteiger partial charge is 0.493 e. The first kappa shape index (κ1) is 27.8. The minimum atomic E-state index is -0.910. The number of ketones is 1. The molecule has 0 saturated heterocycles. The Labute approximate surface area is 228 Å². The molecule has 2 heterocycles. The maximum Gasteiger partial charge on any atom is 0.341 e. The first-order chi connectivity index (χ1) is 19.2. The molecule has 0 amide bonds. The van der Waals surface area contributed by atoms with Gasteiger partial charge in [0.2, 0.25) is 5.78 Å². The van der Waals surface area contributed by atoms with E-state index in [2.05, 4.69) is 4.98 Å². The van der Waals surface area contributed by atoms with Crippen LogP contribution in [0, 0.1) is 10.1 Å². The summed E-state index contributed by atoms with van der Waals surface area (Å²) in [6, 6.07) is 11.6. The molecule has 0 N–H and O–H groups in total. The summed E-state index contributed by atoms with van der Waals surface area (Å²) >= 11 is 0. The van der Waals surface area contributed by atoms with Crippen molar-refractivity contribution in [2.75, 3.05) is 27.4 Å². The molecule has 206 valence electrons. The number of hydrogen-bond acceptors (Lipinski definition) is 10. The third-order valence-electron chi connectivity index (χ3n) is 6.02. The molecule has 0 bridgehead atoms. The van der Waals surface area contributed by atoms with Crippen molar-refractivity contribution in [3.05, 3.63) is 87.4 Å². The van der Waals surface area contributed by atoms with E-state index in [0.717, 1.165) is 0 Å². The number of methoxy groups -OCH3 is 2. The van der Waals surface area contributed by atoms with Crippen LogP contribution >= 0.6 is 0 Å². The summed E-state index contributed by atoms with van der Waals surface area (Å²) in [6.45, 7) is 3.19. The van der Waals surface area contributed by atoms with Crippen molar-refractivity contribution in [2.24, 2.45) is 0 Å². The second kappa shape index (κ2) is 11.6. The number of carbonyl (C=O) groups excluding carboxylic acids is 3. The number of carbonyl (C=O) groups is 3. The highest BCUT2D eigenvalue weighted by Gasteiger charge is 2.34. The van der Waals surface area contributed by atoms with Crippen molar-refractivity contribution >= 4 is 28.9 Å². The highest BCUT2D eigenvalue weighted by atomic mass is 16.6. The molecule has 0 fully saturated rings. The summed E-state index contributed by atoms with van der Waals surface area (Å²) in [5.41, 5.74) is 0.358. The molecule has 12 heteroatoms. The average molecular weight is 548 g/mol. The Morgan fingerprint density at radius 2 is 1.50 bits per heavy atom. The molecule has 12 nitrogen and oxygen atoms in total. The van der Waals surface area contributed by atoms with Crippen molar-refractivity contribution in [1.29, 1.82) is 0 Å². The fourth-order valence-corrected chi connectivity index (χ4v) is 4.22. The van der Waals surface area contributed by atoms with Gasteiger partial charge in [-0.1, -0.05) is 0 Å². The van der Waals surface area contributed by atoms with E-state index in [1.165, 1.54) is 49.2 Å². The van der Waals surface area contributed by atoms with Gasteiger partial charge in [-0.25, -0.2) is 14.6 Å². The van der Waals surface area contributed by atoms with Crippen LogP contribution in [0.25, 0.3) is 16.8 Å². The third-order valence-corrected chi connectivity index (χ3v) is 6.02. The molecule has 4 rings (SSSR count). The summed E-state index contributed by atoms with van der Waals surface area (Å²) in [7, 11) is 3.00. The fourth-order valence-electron chi connectivity index (χ4n) is 4.22. The lowest BCUT2D eigenvalue weighted by Crippen LogP contribution is -2.16. The Morgan fingerprint density at radius 3 is 2.08 bits per heavy atom. The van der Waals surface area contributed by atoms with Gasteiger partial charge in [-0.15, -0.1) is 0 Å². The number of nitro benzene ring substituents is 1. The summed E-state index contributed by atoms with van der Waals surface area (Å²) in [5, 5.41) is 11.1. The fraction of sp³-hybridized carbons (Fsp3) is 0.214. The van der Waals surface area contributed by atoms with Crippen LogP contribution in [-0.2, 0) is 9.47 Å². The van der Waals surface area contributed by atoms with Crippen LogP contribution in [0.4, 0.5) is 5.69 Å². The Kier molecular flexibility index (Phi) is 8.08. The van der Waals surface area contributed by atoms with Crippen LogP contribution in [0.1, 0.15) is 50.6 Å². The Bertz CT molecular complexity index is 1620. The number of aromatic nitrogens is 2. The number of rotatable bonds is 10. The molecule has 0 aliphatic heterocycles. The smallest absolute Gasteiger partial charge is 0.341 e.